The number of nitrogens with zero attached hydrogens (tertiary/aromatic N) is 2. The molecule has 4 rings (SSSR count). The van der Waals surface area contributed by atoms with Gasteiger partial charge in [-0.1, -0.05) is 13.3 Å². The van der Waals surface area contributed by atoms with E-state index in [1.165, 1.54) is 0 Å². The lowest BCUT2D eigenvalue weighted by molar-refractivity contribution is -0.212. The molecule has 0 saturated carbocycles. The molecule has 1 aromatic rings. The molecule has 3 fully saturated rings. The van der Waals surface area contributed by atoms with Gasteiger partial charge in [-0.05, 0) is 18.9 Å². The fourth-order valence-electron chi connectivity index (χ4n) is 4.71. The average Bonchev–Trinajstić information content (AvgIpc) is 3.10. The third-order valence-corrected chi connectivity index (χ3v) is 6.08. The smallest absolute Gasteiger partial charge is 0.274 e. The minimum atomic E-state index is -0.793. The summed E-state index contributed by atoms with van der Waals surface area (Å²) in [4.78, 5) is 15.0. The maximum atomic E-state index is 13.1. The summed E-state index contributed by atoms with van der Waals surface area (Å²) in [7, 11) is 0. The molecule has 1 aromatic heterocycles. The molecule has 0 radical (unpaired) electrons. The van der Waals surface area contributed by atoms with Crippen molar-refractivity contribution in [1.29, 1.82) is 0 Å². The van der Waals surface area contributed by atoms with Gasteiger partial charge in [-0.3, -0.25) is 9.89 Å². The number of fused-ring (bicyclic) bond motifs is 3. The van der Waals surface area contributed by atoms with E-state index in [4.69, 9.17) is 9.47 Å². The lowest BCUT2D eigenvalue weighted by atomic mass is 9.66. The maximum Gasteiger partial charge on any atom is 0.274 e. The number of H-pyrrole nitrogens is 1. The highest BCUT2D eigenvalue weighted by molar-refractivity contribution is 5.92. The topological polar surface area (TPSA) is 87.7 Å². The number of rotatable bonds is 3. The Kier molecular flexibility index (Phi) is 4.56. The standard InChI is InChI=1S/C18H27N3O4/c1-2-3-13-8-15(20-19-13)17(22)21-9-12-10-25-7-5-18(12,23)14-11-24-6-4-16(14)21/h8,12,14,16,23H,2-7,9-11H2,1H3,(H,19,20)/t12-,14+,16-,18-/m0/s1. The van der Waals surface area contributed by atoms with E-state index in [-0.39, 0.29) is 23.8 Å². The number of aromatic amines is 1. The van der Waals surface area contributed by atoms with Crippen LogP contribution in [0.4, 0.5) is 0 Å². The molecule has 3 aliphatic heterocycles. The van der Waals surface area contributed by atoms with Crippen LogP contribution >= 0.6 is 0 Å². The van der Waals surface area contributed by atoms with E-state index >= 15 is 0 Å². The first-order valence-electron chi connectivity index (χ1n) is 9.36. The summed E-state index contributed by atoms with van der Waals surface area (Å²) in [5.74, 6) is -0.174. The molecule has 0 bridgehead atoms. The second-order valence-corrected chi connectivity index (χ2v) is 7.54. The van der Waals surface area contributed by atoms with Gasteiger partial charge in [0.2, 0.25) is 0 Å². The van der Waals surface area contributed by atoms with E-state index in [2.05, 4.69) is 17.1 Å². The number of piperidine rings is 1. The van der Waals surface area contributed by atoms with Crippen LogP contribution in [0.3, 0.4) is 0 Å². The van der Waals surface area contributed by atoms with Crippen molar-refractivity contribution in [2.24, 2.45) is 11.8 Å². The van der Waals surface area contributed by atoms with Crippen molar-refractivity contribution >= 4 is 5.91 Å². The van der Waals surface area contributed by atoms with Crippen LogP contribution in [0.25, 0.3) is 0 Å². The van der Waals surface area contributed by atoms with Crippen LogP contribution in [0.1, 0.15) is 42.4 Å². The number of likely N-dealkylation sites (tertiary alicyclic amines) is 1. The minimum Gasteiger partial charge on any atom is -0.389 e. The summed E-state index contributed by atoms with van der Waals surface area (Å²) in [5, 5.41) is 18.5. The van der Waals surface area contributed by atoms with Crippen molar-refractivity contribution in [1.82, 2.24) is 15.1 Å². The summed E-state index contributed by atoms with van der Waals surface area (Å²) in [6.45, 7) is 4.82. The summed E-state index contributed by atoms with van der Waals surface area (Å²) in [6.07, 6.45) is 3.27. The largest absolute Gasteiger partial charge is 0.389 e. The van der Waals surface area contributed by atoms with E-state index in [9.17, 15) is 9.90 Å². The zero-order valence-corrected chi connectivity index (χ0v) is 14.7. The highest BCUT2D eigenvalue weighted by Crippen LogP contribution is 2.44. The van der Waals surface area contributed by atoms with E-state index < -0.39 is 5.60 Å². The Labute approximate surface area is 147 Å². The Balaban J connectivity index is 1.60. The zero-order chi connectivity index (χ0) is 17.4. The molecular weight excluding hydrogens is 322 g/mol. The SMILES string of the molecule is CCCc1cc(C(=O)N2C[C@H]3COCC[C@@]3(O)[C@@H]3COCC[C@@H]32)n[nH]1. The van der Waals surface area contributed by atoms with E-state index in [0.717, 1.165) is 25.0 Å². The Morgan fingerprint density at radius 1 is 1.44 bits per heavy atom. The summed E-state index contributed by atoms with van der Waals surface area (Å²) in [5.41, 5.74) is 0.666. The molecule has 0 aromatic carbocycles. The quantitative estimate of drug-likeness (QED) is 0.850. The number of hydrogen-bond donors (Lipinski definition) is 2. The Bertz CT molecular complexity index is 634. The first-order chi connectivity index (χ1) is 12.1. The molecule has 0 aliphatic carbocycles. The van der Waals surface area contributed by atoms with E-state index in [0.29, 0.717) is 45.1 Å². The number of aromatic nitrogens is 2. The second kappa shape index (κ2) is 6.70. The normalized spacial score (nSPS) is 35.1. The van der Waals surface area contributed by atoms with Gasteiger partial charge in [0.1, 0.15) is 5.69 Å². The lowest BCUT2D eigenvalue weighted by Gasteiger charge is -2.57. The van der Waals surface area contributed by atoms with Gasteiger partial charge >= 0.3 is 0 Å². The number of ether oxygens (including phenoxy) is 2. The summed E-state index contributed by atoms with van der Waals surface area (Å²) < 4.78 is 11.3. The minimum absolute atomic E-state index is 0.00641. The molecular formula is C18H27N3O4. The van der Waals surface area contributed by atoms with Crippen molar-refractivity contribution in [2.45, 2.75) is 44.2 Å². The number of amides is 1. The van der Waals surface area contributed by atoms with Gasteiger partial charge in [0.15, 0.2) is 0 Å². The highest BCUT2D eigenvalue weighted by Gasteiger charge is 2.56. The predicted molar refractivity (Wildman–Crippen MR) is 90.2 cm³/mol. The monoisotopic (exact) mass is 349 g/mol. The Hall–Kier alpha value is -1.44. The average molecular weight is 349 g/mol. The van der Waals surface area contributed by atoms with Crippen molar-refractivity contribution in [3.63, 3.8) is 0 Å². The van der Waals surface area contributed by atoms with Crippen LogP contribution in [0, 0.1) is 11.8 Å². The fourth-order valence-corrected chi connectivity index (χ4v) is 4.71. The number of carbonyl (C=O) groups excluding carboxylic acids is 1. The van der Waals surface area contributed by atoms with Crippen molar-refractivity contribution < 1.29 is 19.4 Å². The van der Waals surface area contributed by atoms with E-state index in [1.54, 1.807) is 0 Å². The first-order valence-corrected chi connectivity index (χ1v) is 9.36. The molecule has 0 spiro atoms. The molecule has 138 valence electrons. The highest BCUT2D eigenvalue weighted by atomic mass is 16.5. The zero-order valence-electron chi connectivity index (χ0n) is 14.7. The van der Waals surface area contributed by atoms with Gasteiger partial charge in [0.25, 0.3) is 5.91 Å². The third kappa shape index (κ3) is 2.88. The molecule has 3 saturated heterocycles. The van der Waals surface area contributed by atoms with Crippen molar-refractivity contribution in [2.75, 3.05) is 33.0 Å². The van der Waals surface area contributed by atoms with Crippen LogP contribution in [0.2, 0.25) is 0 Å². The Morgan fingerprint density at radius 3 is 3.12 bits per heavy atom. The number of aliphatic hydroxyl groups is 1. The first kappa shape index (κ1) is 17.0. The lowest BCUT2D eigenvalue weighted by Crippen LogP contribution is -2.68. The molecule has 3 aliphatic rings. The Morgan fingerprint density at radius 2 is 2.28 bits per heavy atom. The van der Waals surface area contributed by atoms with Crippen LogP contribution in [-0.2, 0) is 15.9 Å². The maximum absolute atomic E-state index is 13.1. The van der Waals surface area contributed by atoms with Crippen molar-refractivity contribution in [3.8, 4) is 0 Å². The summed E-state index contributed by atoms with van der Waals surface area (Å²) in [6, 6.07) is 1.87. The number of aryl methyl sites for hydroxylation is 1. The van der Waals surface area contributed by atoms with Gasteiger partial charge < -0.3 is 19.5 Å². The predicted octanol–water partition coefficient (Wildman–Crippen LogP) is 0.991. The number of hydrogen-bond acceptors (Lipinski definition) is 5. The molecule has 25 heavy (non-hydrogen) atoms. The van der Waals surface area contributed by atoms with Gasteiger partial charge in [0, 0.05) is 49.8 Å². The molecule has 4 atom stereocenters. The van der Waals surface area contributed by atoms with Crippen LogP contribution in [-0.4, -0.2) is 70.7 Å². The molecule has 2 N–H and O–H groups in total. The van der Waals surface area contributed by atoms with Crippen molar-refractivity contribution in [3.05, 3.63) is 17.5 Å². The molecule has 1 amide bonds. The molecule has 4 heterocycles. The fraction of sp³-hybridized carbons (Fsp3) is 0.778. The second-order valence-electron chi connectivity index (χ2n) is 7.54. The molecule has 0 unspecified atom stereocenters. The van der Waals surface area contributed by atoms with Crippen LogP contribution in [0.15, 0.2) is 6.07 Å². The molecule has 7 heteroatoms. The third-order valence-electron chi connectivity index (χ3n) is 6.08. The van der Waals surface area contributed by atoms with Gasteiger partial charge in [-0.2, -0.15) is 5.10 Å². The van der Waals surface area contributed by atoms with Crippen LogP contribution in [0.5, 0.6) is 0 Å². The molecule has 7 nitrogen and oxygen atoms in total. The number of nitrogens with one attached hydrogen (secondary N) is 1. The van der Waals surface area contributed by atoms with Gasteiger partial charge in [-0.15, -0.1) is 0 Å². The van der Waals surface area contributed by atoms with E-state index in [1.807, 2.05) is 11.0 Å². The van der Waals surface area contributed by atoms with Gasteiger partial charge in [0.05, 0.1) is 18.8 Å². The van der Waals surface area contributed by atoms with Gasteiger partial charge in [-0.25, -0.2) is 0 Å². The number of carbonyl (C=O) groups is 1. The summed E-state index contributed by atoms with van der Waals surface area (Å²) >= 11 is 0. The van der Waals surface area contributed by atoms with Crippen LogP contribution < -0.4 is 0 Å².